The lowest BCUT2D eigenvalue weighted by atomic mass is 10.0. The molecule has 2 aromatic rings. The van der Waals surface area contributed by atoms with Gasteiger partial charge in [0.1, 0.15) is 17.7 Å². The van der Waals surface area contributed by atoms with Crippen LogP contribution in [0.4, 0.5) is 4.39 Å². The standard InChI is InChI=1S/C26H33FN2O5/c1-4-33-22-15-20(27)11-12-21(22)19-9-7-18(8-10-19)17-28-24(30)16-23(34-26(2,3)32)25(31)29-13-5-6-14-29/h7-12,15,23,32H,4-6,13-14,16-17H2,1-3H3,(H,28,30)/t23-/m1/s1. The maximum Gasteiger partial charge on any atom is 0.252 e. The van der Waals surface area contributed by atoms with E-state index in [9.17, 15) is 19.1 Å². The predicted octanol–water partition coefficient (Wildman–Crippen LogP) is 3.63. The first-order chi connectivity index (χ1) is 16.2. The molecule has 0 radical (unpaired) electrons. The van der Waals surface area contributed by atoms with Crippen molar-refractivity contribution < 1.29 is 28.6 Å². The Morgan fingerprint density at radius 1 is 1.15 bits per heavy atom. The summed E-state index contributed by atoms with van der Waals surface area (Å²) in [5.41, 5.74) is 2.52. The highest BCUT2D eigenvalue weighted by Crippen LogP contribution is 2.31. The molecule has 0 bridgehead atoms. The molecule has 2 aromatic carbocycles. The Labute approximate surface area is 199 Å². The molecule has 34 heavy (non-hydrogen) atoms. The Hall–Kier alpha value is -2.97. The summed E-state index contributed by atoms with van der Waals surface area (Å²) in [5.74, 6) is -2.03. The van der Waals surface area contributed by atoms with Crippen molar-refractivity contribution in [2.45, 2.75) is 58.5 Å². The van der Waals surface area contributed by atoms with Gasteiger partial charge in [-0.3, -0.25) is 9.59 Å². The van der Waals surface area contributed by atoms with Gasteiger partial charge in [-0.1, -0.05) is 24.3 Å². The molecule has 0 aromatic heterocycles. The number of halogens is 1. The fourth-order valence-electron chi connectivity index (χ4n) is 3.92. The molecule has 1 atom stereocenters. The monoisotopic (exact) mass is 472 g/mol. The SMILES string of the molecule is CCOc1cc(F)ccc1-c1ccc(CNC(=O)C[C@@H](OC(C)(C)O)C(=O)N2CCCC2)cc1. The van der Waals surface area contributed by atoms with Crippen LogP contribution in [0.15, 0.2) is 42.5 Å². The molecular formula is C26H33FN2O5. The lowest BCUT2D eigenvalue weighted by Gasteiger charge is -2.28. The summed E-state index contributed by atoms with van der Waals surface area (Å²) in [7, 11) is 0. The van der Waals surface area contributed by atoms with Crippen LogP contribution in [0.1, 0.15) is 45.6 Å². The van der Waals surface area contributed by atoms with Crippen molar-refractivity contribution in [3.8, 4) is 16.9 Å². The quantitative estimate of drug-likeness (QED) is 0.516. The third-order valence-electron chi connectivity index (χ3n) is 5.49. The molecule has 3 rings (SSSR count). The molecule has 8 heteroatoms. The molecule has 1 saturated heterocycles. The molecular weight excluding hydrogens is 439 g/mol. The normalized spacial score (nSPS) is 14.7. The highest BCUT2D eigenvalue weighted by Gasteiger charge is 2.33. The minimum Gasteiger partial charge on any atom is -0.493 e. The second-order valence-electron chi connectivity index (χ2n) is 8.84. The van der Waals surface area contributed by atoms with Gasteiger partial charge in [0.05, 0.1) is 13.0 Å². The zero-order chi connectivity index (χ0) is 24.7. The van der Waals surface area contributed by atoms with Crippen molar-refractivity contribution in [3.63, 3.8) is 0 Å². The summed E-state index contributed by atoms with van der Waals surface area (Å²) in [4.78, 5) is 27.0. The average molecular weight is 473 g/mol. The van der Waals surface area contributed by atoms with Crippen molar-refractivity contribution in [3.05, 3.63) is 53.8 Å². The highest BCUT2D eigenvalue weighted by atomic mass is 19.1. The van der Waals surface area contributed by atoms with E-state index in [0.717, 1.165) is 29.5 Å². The number of aliphatic hydroxyl groups is 1. The fraction of sp³-hybridized carbons (Fsp3) is 0.462. The summed E-state index contributed by atoms with van der Waals surface area (Å²) in [6, 6.07) is 11.9. The van der Waals surface area contributed by atoms with E-state index in [1.54, 1.807) is 11.0 Å². The summed E-state index contributed by atoms with van der Waals surface area (Å²) < 4.78 is 24.6. The number of hydrogen-bond acceptors (Lipinski definition) is 5. The lowest BCUT2D eigenvalue weighted by molar-refractivity contribution is -0.212. The zero-order valence-electron chi connectivity index (χ0n) is 20.0. The van der Waals surface area contributed by atoms with E-state index in [1.807, 2.05) is 31.2 Å². The number of ether oxygens (including phenoxy) is 2. The summed E-state index contributed by atoms with van der Waals surface area (Å²) in [6.45, 7) is 6.70. The molecule has 2 N–H and O–H groups in total. The fourth-order valence-corrected chi connectivity index (χ4v) is 3.92. The second kappa shape index (κ2) is 11.4. The molecule has 1 fully saturated rings. The molecule has 0 unspecified atom stereocenters. The van der Waals surface area contributed by atoms with E-state index < -0.39 is 11.9 Å². The van der Waals surface area contributed by atoms with Crippen molar-refractivity contribution in [2.24, 2.45) is 0 Å². The molecule has 0 spiro atoms. The molecule has 7 nitrogen and oxygen atoms in total. The number of amides is 2. The van der Waals surface area contributed by atoms with Gasteiger partial charge in [-0.2, -0.15) is 0 Å². The van der Waals surface area contributed by atoms with Gasteiger partial charge in [0.15, 0.2) is 5.79 Å². The molecule has 1 aliphatic rings. The van der Waals surface area contributed by atoms with E-state index in [0.29, 0.717) is 25.4 Å². The second-order valence-corrected chi connectivity index (χ2v) is 8.84. The molecule has 0 saturated carbocycles. The minimum absolute atomic E-state index is 0.176. The van der Waals surface area contributed by atoms with Crippen molar-refractivity contribution in [2.75, 3.05) is 19.7 Å². The highest BCUT2D eigenvalue weighted by molar-refractivity contribution is 5.87. The van der Waals surface area contributed by atoms with E-state index >= 15 is 0 Å². The number of nitrogens with one attached hydrogen (secondary N) is 1. The van der Waals surface area contributed by atoms with Crippen LogP contribution in [-0.2, 0) is 20.9 Å². The van der Waals surface area contributed by atoms with Crippen LogP contribution in [0.2, 0.25) is 0 Å². The summed E-state index contributed by atoms with van der Waals surface area (Å²) in [6.07, 6.45) is 0.626. The number of carbonyl (C=O) groups excluding carboxylic acids is 2. The number of hydrogen-bond donors (Lipinski definition) is 2. The Kier molecular flexibility index (Phi) is 8.63. The van der Waals surface area contributed by atoms with Gasteiger partial charge < -0.3 is 24.8 Å². The summed E-state index contributed by atoms with van der Waals surface area (Å²) >= 11 is 0. The largest absolute Gasteiger partial charge is 0.493 e. The van der Waals surface area contributed by atoms with Gasteiger partial charge in [0, 0.05) is 31.3 Å². The van der Waals surface area contributed by atoms with Crippen LogP contribution >= 0.6 is 0 Å². The van der Waals surface area contributed by atoms with Crippen LogP contribution in [0.3, 0.4) is 0 Å². The van der Waals surface area contributed by atoms with E-state index in [2.05, 4.69) is 5.32 Å². The van der Waals surface area contributed by atoms with Crippen LogP contribution < -0.4 is 10.1 Å². The first-order valence-electron chi connectivity index (χ1n) is 11.6. The summed E-state index contributed by atoms with van der Waals surface area (Å²) in [5, 5.41) is 12.8. The van der Waals surface area contributed by atoms with Gasteiger partial charge in [0.25, 0.3) is 5.91 Å². The maximum absolute atomic E-state index is 13.6. The van der Waals surface area contributed by atoms with Gasteiger partial charge in [-0.25, -0.2) is 4.39 Å². The van der Waals surface area contributed by atoms with Crippen molar-refractivity contribution >= 4 is 11.8 Å². The van der Waals surface area contributed by atoms with Crippen LogP contribution in [-0.4, -0.2) is 53.4 Å². The Balaban J connectivity index is 1.61. The smallest absolute Gasteiger partial charge is 0.252 e. The molecule has 2 amide bonds. The van der Waals surface area contributed by atoms with Gasteiger partial charge in [0.2, 0.25) is 5.91 Å². The minimum atomic E-state index is -1.53. The number of nitrogens with zero attached hydrogens (tertiary/aromatic N) is 1. The Morgan fingerprint density at radius 2 is 1.82 bits per heavy atom. The maximum atomic E-state index is 13.6. The number of rotatable bonds is 10. The van der Waals surface area contributed by atoms with Gasteiger partial charge in [-0.15, -0.1) is 0 Å². The van der Waals surface area contributed by atoms with Crippen molar-refractivity contribution in [1.29, 1.82) is 0 Å². The van der Waals surface area contributed by atoms with Gasteiger partial charge >= 0.3 is 0 Å². The third-order valence-corrected chi connectivity index (χ3v) is 5.49. The van der Waals surface area contributed by atoms with Crippen LogP contribution in [0, 0.1) is 5.82 Å². The number of likely N-dealkylation sites (tertiary alicyclic amines) is 1. The average Bonchev–Trinajstić information content (AvgIpc) is 3.32. The van der Waals surface area contributed by atoms with Gasteiger partial charge in [-0.05, 0) is 56.9 Å². The first kappa shape index (κ1) is 25.6. The predicted molar refractivity (Wildman–Crippen MR) is 126 cm³/mol. The van der Waals surface area contributed by atoms with E-state index in [4.69, 9.17) is 9.47 Å². The molecule has 184 valence electrons. The first-order valence-corrected chi connectivity index (χ1v) is 11.6. The topological polar surface area (TPSA) is 88.1 Å². The lowest BCUT2D eigenvalue weighted by Crippen LogP contribution is -2.45. The molecule has 1 heterocycles. The molecule has 0 aliphatic carbocycles. The Morgan fingerprint density at radius 3 is 2.44 bits per heavy atom. The van der Waals surface area contributed by atoms with Crippen LogP contribution in [0.25, 0.3) is 11.1 Å². The molecule has 1 aliphatic heterocycles. The van der Waals surface area contributed by atoms with E-state index in [-0.39, 0.29) is 30.6 Å². The number of carbonyl (C=O) groups is 2. The Bertz CT molecular complexity index is 982. The van der Waals surface area contributed by atoms with Crippen molar-refractivity contribution in [1.82, 2.24) is 10.2 Å². The third kappa shape index (κ3) is 7.27. The zero-order valence-corrected chi connectivity index (χ0v) is 20.0. The van der Waals surface area contributed by atoms with Crippen LogP contribution in [0.5, 0.6) is 5.75 Å². The van der Waals surface area contributed by atoms with E-state index in [1.165, 1.54) is 26.0 Å². The number of benzene rings is 2.